The van der Waals surface area contributed by atoms with E-state index in [1.165, 1.54) is 7.05 Å². The molecule has 13 heteroatoms. The Kier molecular flexibility index (Phi) is 10.0. The first-order chi connectivity index (χ1) is 19.2. The van der Waals surface area contributed by atoms with Crippen LogP contribution in [0.5, 0.6) is 0 Å². The van der Waals surface area contributed by atoms with E-state index in [9.17, 15) is 22.8 Å². The van der Waals surface area contributed by atoms with Gasteiger partial charge in [0.15, 0.2) is 6.29 Å². The number of thioether (sulfide) groups is 1. The highest BCUT2D eigenvalue weighted by atomic mass is 32.2. The van der Waals surface area contributed by atoms with Crippen molar-refractivity contribution >= 4 is 46.6 Å². The first kappa shape index (κ1) is 29.8. The minimum absolute atomic E-state index is 0.228. The lowest BCUT2D eigenvalue weighted by Gasteiger charge is -2.33. The van der Waals surface area contributed by atoms with Gasteiger partial charge in [-0.2, -0.15) is 13.2 Å². The van der Waals surface area contributed by atoms with Crippen LogP contribution in [0.1, 0.15) is 34.3 Å². The predicted octanol–water partition coefficient (Wildman–Crippen LogP) is 5.10. The number of carbonyl (C=O) groups excluding carboxylic acids is 2. The van der Waals surface area contributed by atoms with E-state index in [0.29, 0.717) is 35.3 Å². The molecular weight excluding hydrogens is 561 g/mol. The van der Waals surface area contributed by atoms with Crippen LogP contribution < -0.4 is 15.5 Å². The monoisotopic (exact) mass is 592 g/mol. The maximum atomic E-state index is 13.2. The summed E-state index contributed by atoms with van der Waals surface area (Å²) in [6, 6.07) is 4.19. The Balaban J connectivity index is 1.29. The summed E-state index contributed by atoms with van der Waals surface area (Å²) in [5.74, 6) is 1.02. The molecule has 4 rings (SSSR count). The molecule has 4 heterocycles. The number of halogens is 3. The van der Waals surface area contributed by atoms with Crippen LogP contribution in [-0.2, 0) is 11.0 Å². The van der Waals surface area contributed by atoms with Gasteiger partial charge in [0.25, 0.3) is 5.24 Å². The molecular formula is C27H31F3N6O2S2. The first-order valence-electron chi connectivity index (χ1n) is 12.8. The SMILES string of the molecule is CNC(=O)S/C(C=O)=C\c1ccnc(N2CCC(CNCC3=CC=CN(C)C3c3ccc(C(F)(F)F)s3)CC2)n1. The molecule has 1 atom stereocenters. The second kappa shape index (κ2) is 13.5. The van der Waals surface area contributed by atoms with E-state index in [4.69, 9.17) is 0 Å². The molecule has 0 radical (unpaired) electrons. The Morgan fingerprint density at radius 2 is 2.02 bits per heavy atom. The van der Waals surface area contributed by atoms with E-state index in [1.807, 2.05) is 30.3 Å². The molecule has 1 unspecified atom stereocenters. The maximum absolute atomic E-state index is 13.2. The number of aldehydes is 1. The fourth-order valence-corrected chi connectivity index (χ4v) is 6.29. The van der Waals surface area contributed by atoms with Crippen molar-refractivity contribution in [2.45, 2.75) is 25.1 Å². The number of carbonyl (C=O) groups is 2. The van der Waals surface area contributed by atoms with Gasteiger partial charge >= 0.3 is 6.18 Å². The van der Waals surface area contributed by atoms with Crippen LogP contribution in [0, 0.1) is 5.92 Å². The predicted molar refractivity (Wildman–Crippen MR) is 153 cm³/mol. The molecule has 2 aromatic rings. The van der Waals surface area contributed by atoms with Gasteiger partial charge in [0.05, 0.1) is 16.6 Å². The normalized spacial score (nSPS) is 18.6. The number of anilines is 1. The van der Waals surface area contributed by atoms with Crippen LogP contribution in [-0.4, -0.2) is 66.7 Å². The molecule has 40 heavy (non-hydrogen) atoms. The molecule has 0 bridgehead atoms. The largest absolute Gasteiger partial charge is 0.425 e. The topological polar surface area (TPSA) is 90.5 Å². The van der Waals surface area contributed by atoms with Crippen LogP contribution >= 0.6 is 23.1 Å². The lowest BCUT2D eigenvalue weighted by molar-refractivity contribution is -0.134. The van der Waals surface area contributed by atoms with Gasteiger partial charge in [0.1, 0.15) is 4.88 Å². The summed E-state index contributed by atoms with van der Waals surface area (Å²) in [7, 11) is 3.38. The zero-order valence-corrected chi connectivity index (χ0v) is 23.8. The van der Waals surface area contributed by atoms with Crippen molar-refractivity contribution in [2.24, 2.45) is 5.92 Å². The highest BCUT2D eigenvalue weighted by Crippen LogP contribution is 2.40. The van der Waals surface area contributed by atoms with Crippen molar-refractivity contribution < 1.29 is 22.8 Å². The molecule has 214 valence electrons. The molecule has 2 aromatic heterocycles. The third-order valence-corrected chi connectivity index (χ3v) is 8.73. The quantitative estimate of drug-likeness (QED) is 0.307. The number of nitrogens with one attached hydrogen (secondary N) is 2. The second-order valence-electron chi connectivity index (χ2n) is 9.50. The van der Waals surface area contributed by atoms with Gasteiger partial charge in [-0.15, -0.1) is 11.3 Å². The van der Waals surface area contributed by atoms with E-state index >= 15 is 0 Å². The molecule has 2 aliphatic heterocycles. The van der Waals surface area contributed by atoms with Gasteiger partial charge in [-0.1, -0.05) is 6.08 Å². The van der Waals surface area contributed by atoms with Crippen molar-refractivity contribution in [3.05, 3.63) is 68.7 Å². The fraction of sp³-hybridized carbons (Fsp3) is 0.407. The molecule has 1 fully saturated rings. The minimum atomic E-state index is -4.34. The van der Waals surface area contributed by atoms with E-state index < -0.39 is 11.1 Å². The number of rotatable bonds is 9. The van der Waals surface area contributed by atoms with Crippen LogP contribution in [0.2, 0.25) is 0 Å². The number of piperidine rings is 1. The molecule has 2 N–H and O–H groups in total. The summed E-state index contributed by atoms with van der Waals surface area (Å²) < 4.78 is 39.5. The van der Waals surface area contributed by atoms with Crippen molar-refractivity contribution in [1.82, 2.24) is 25.5 Å². The summed E-state index contributed by atoms with van der Waals surface area (Å²) in [4.78, 5) is 36.3. The lowest BCUT2D eigenvalue weighted by atomic mass is 9.96. The Labute approximate surface area is 239 Å². The second-order valence-corrected chi connectivity index (χ2v) is 11.7. The van der Waals surface area contributed by atoms with Gasteiger partial charge in [-0.25, -0.2) is 9.97 Å². The minimum Gasteiger partial charge on any atom is -0.369 e. The molecule has 8 nitrogen and oxygen atoms in total. The first-order valence-corrected chi connectivity index (χ1v) is 14.4. The number of hydrogen-bond acceptors (Lipinski definition) is 9. The van der Waals surface area contributed by atoms with Gasteiger partial charge < -0.3 is 20.4 Å². The number of amides is 1. The van der Waals surface area contributed by atoms with Crippen molar-refractivity contribution in [1.29, 1.82) is 0 Å². The van der Waals surface area contributed by atoms with E-state index in [0.717, 1.165) is 67.2 Å². The zero-order chi connectivity index (χ0) is 28.7. The van der Waals surface area contributed by atoms with Gasteiger partial charge in [0.2, 0.25) is 5.95 Å². The number of allylic oxidation sites excluding steroid dienone is 3. The number of nitrogens with zero attached hydrogens (tertiary/aromatic N) is 4. The van der Waals surface area contributed by atoms with E-state index in [-0.39, 0.29) is 16.2 Å². The molecule has 2 aliphatic rings. The van der Waals surface area contributed by atoms with E-state index in [2.05, 4.69) is 25.5 Å². The Morgan fingerprint density at radius 1 is 1.25 bits per heavy atom. The average Bonchev–Trinajstić information content (AvgIpc) is 3.44. The zero-order valence-electron chi connectivity index (χ0n) is 22.1. The summed E-state index contributed by atoms with van der Waals surface area (Å²) in [5, 5.41) is 5.66. The number of hydrogen-bond donors (Lipinski definition) is 2. The third-order valence-electron chi connectivity index (χ3n) is 6.71. The number of thiophene rings is 1. The smallest absolute Gasteiger partial charge is 0.369 e. The summed E-state index contributed by atoms with van der Waals surface area (Å²) in [6.07, 6.45) is 7.14. The van der Waals surface area contributed by atoms with Crippen LogP contribution in [0.4, 0.5) is 23.9 Å². The van der Waals surface area contributed by atoms with Gasteiger partial charge in [-0.3, -0.25) is 9.59 Å². The highest BCUT2D eigenvalue weighted by Gasteiger charge is 2.34. The third kappa shape index (κ3) is 7.73. The Morgan fingerprint density at radius 3 is 2.70 bits per heavy atom. The Hall–Kier alpha value is -3.16. The summed E-state index contributed by atoms with van der Waals surface area (Å²) in [6.45, 7) is 2.94. The maximum Gasteiger partial charge on any atom is 0.425 e. The molecule has 1 amide bonds. The van der Waals surface area contributed by atoms with E-state index in [1.54, 1.807) is 24.4 Å². The standard InChI is InChI=1S/C27H31F3N6O2S2/c1-31-26(38)39-21(17-37)14-20-7-10-33-25(34-20)36-12-8-18(9-13-36)15-32-16-19-4-3-11-35(2)24(19)22-5-6-23(40-22)27(28,29)30/h3-7,10-11,14,17-18,24,32H,8-9,12-13,15-16H2,1-2H3,(H,31,38)/b21-14-. The summed E-state index contributed by atoms with van der Waals surface area (Å²) >= 11 is 1.60. The van der Waals surface area contributed by atoms with Gasteiger partial charge in [0, 0.05) is 44.8 Å². The van der Waals surface area contributed by atoms with Crippen molar-refractivity contribution in [2.75, 3.05) is 45.2 Å². The number of likely N-dealkylation sites (N-methyl/N-ethyl adjacent to an activating group) is 1. The molecule has 0 saturated carbocycles. The molecule has 0 aromatic carbocycles. The molecule has 1 saturated heterocycles. The highest BCUT2D eigenvalue weighted by molar-refractivity contribution is 8.17. The van der Waals surface area contributed by atoms with Crippen molar-refractivity contribution in [3.63, 3.8) is 0 Å². The van der Waals surface area contributed by atoms with Crippen LogP contribution in [0.25, 0.3) is 6.08 Å². The molecule has 0 spiro atoms. The molecule has 0 aliphatic carbocycles. The van der Waals surface area contributed by atoms with Gasteiger partial charge in [-0.05, 0) is 79.2 Å². The number of alkyl halides is 3. The number of aromatic nitrogens is 2. The average molecular weight is 593 g/mol. The van der Waals surface area contributed by atoms with Crippen LogP contribution in [0.3, 0.4) is 0 Å². The Bertz CT molecular complexity index is 1290. The van der Waals surface area contributed by atoms with Crippen LogP contribution in [0.15, 0.2) is 53.2 Å². The summed E-state index contributed by atoms with van der Waals surface area (Å²) in [5.41, 5.74) is 1.58. The lowest BCUT2D eigenvalue weighted by Crippen LogP contribution is -2.39. The fourth-order valence-electron chi connectivity index (χ4n) is 4.68. The van der Waals surface area contributed by atoms with Crippen molar-refractivity contribution in [3.8, 4) is 0 Å².